The number of hydrogen-bond donors (Lipinski definition) is 1. The van der Waals surface area contributed by atoms with Gasteiger partial charge in [-0.2, -0.15) is 4.39 Å². The molecule has 1 heterocycles. The third-order valence-electron chi connectivity index (χ3n) is 2.44. The Hall–Kier alpha value is -1.53. The van der Waals surface area contributed by atoms with Crippen molar-refractivity contribution in [2.75, 3.05) is 0 Å². The molecule has 6 heteroatoms. The zero-order chi connectivity index (χ0) is 13.8. The minimum atomic E-state index is -1.00. The Morgan fingerprint density at radius 1 is 1.26 bits per heavy atom. The van der Waals surface area contributed by atoms with Crippen LogP contribution in [0, 0.1) is 11.6 Å². The van der Waals surface area contributed by atoms with Crippen molar-refractivity contribution in [2.45, 2.75) is 13.2 Å². The van der Waals surface area contributed by atoms with Crippen molar-refractivity contribution in [3.8, 4) is 5.75 Å². The fourth-order valence-corrected chi connectivity index (χ4v) is 1.94. The van der Waals surface area contributed by atoms with Gasteiger partial charge < -0.3 is 10.5 Å². The molecule has 0 saturated carbocycles. The van der Waals surface area contributed by atoms with Crippen LogP contribution in [-0.4, -0.2) is 4.98 Å². The maximum Gasteiger partial charge on any atom is 0.200 e. The number of hydrogen-bond acceptors (Lipinski definition) is 3. The monoisotopic (exact) mass is 328 g/mol. The minimum absolute atomic E-state index is 0.113. The zero-order valence-electron chi connectivity index (χ0n) is 9.87. The molecule has 0 unspecified atom stereocenters. The molecule has 0 aliphatic heterocycles. The number of nitrogens with two attached hydrogens (primary N) is 1. The van der Waals surface area contributed by atoms with Crippen LogP contribution in [0.5, 0.6) is 5.75 Å². The van der Waals surface area contributed by atoms with Gasteiger partial charge in [-0.15, -0.1) is 0 Å². The summed E-state index contributed by atoms with van der Waals surface area (Å²) >= 11 is 3.08. The van der Waals surface area contributed by atoms with Gasteiger partial charge in [0.1, 0.15) is 6.61 Å². The summed E-state index contributed by atoms with van der Waals surface area (Å²) in [4.78, 5) is 4.04. The summed E-state index contributed by atoms with van der Waals surface area (Å²) in [6, 6.07) is 5.91. The van der Waals surface area contributed by atoms with Gasteiger partial charge in [0.15, 0.2) is 11.6 Å². The van der Waals surface area contributed by atoms with Gasteiger partial charge in [0, 0.05) is 17.2 Å². The summed E-state index contributed by atoms with van der Waals surface area (Å²) in [5.41, 5.74) is 6.97. The predicted molar refractivity (Wildman–Crippen MR) is 70.5 cm³/mol. The zero-order valence-corrected chi connectivity index (χ0v) is 11.5. The van der Waals surface area contributed by atoms with E-state index in [1.165, 1.54) is 6.07 Å². The van der Waals surface area contributed by atoms with Crippen LogP contribution in [0.2, 0.25) is 0 Å². The third-order valence-corrected chi connectivity index (χ3v) is 2.90. The second-order valence-corrected chi connectivity index (χ2v) is 4.76. The lowest BCUT2D eigenvalue weighted by Gasteiger charge is -2.09. The number of pyridine rings is 1. The summed E-state index contributed by atoms with van der Waals surface area (Å²) in [5, 5.41) is 0. The number of nitrogens with zero attached hydrogens (tertiary/aromatic N) is 1. The molecule has 1 aromatic carbocycles. The minimum Gasteiger partial charge on any atom is -0.486 e. The maximum atomic E-state index is 13.5. The average molecular weight is 329 g/mol. The number of ether oxygens (including phenoxy) is 1. The van der Waals surface area contributed by atoms with Crippen molar-refractivity contribution in [3.05, 3.63) is 57.8 Å². The number of benzene rings is 1. The molecular weight excluding hydrogens is 318 g/mol. The van der Waals surface area contributed by atoms with E-state index in [2.05, 4.69) is 20.9 Å². The van der Waals surface area contributed by atoms with Gasteiger partial charge in [0.25, 0.3) is 0 Å². The van der Waals surface area contributed by atoms with Crippen LogP contribution in [-0.2, 0) is 13.2 Å². The van der Waals surface area contributed by atoms with Crippen molar-refractivity contribution in [2.24, 2.45) is 5.73 Å². The molecule has 2 rings (SSSR count). The molecule has 2 N–H and O–H groups in total. The summed E-state index contributed by atoms with van der Waals surface area (Å²) in [6.45, 7) is 0.427. The second kappa shape index (κ2) is 6.08. The lowest BCUT2D eigenvalue weighted by molar-refractivity contribution is 0.284. The van der Waals surface area contributed by atoms with Crippen LogP contribution in [0.1, 0.15) is 11.3 Å². The molecule has 3 nitrogen and oxygen atoms in total. The first-order valence-corrected chi connectivity index (χ1v) is 6.30. The van der Waals surface area contributed by atoms with Gasteiger partial charge in [0.2, 0.25) is 5.82 Å². The average Bonchev–Trinajstić information content (AvgIpc) is 2.41. The number of aromatic nitrogens is 1. The van der Waals surface area contributed by atoms with E-state index in [4.69, 9.17) is 10.5 Å². The van der Waals surface area contributed by atoms with E-state index in [1.54, 1.807) is 18.3 Å². The molecule has 100 valence electrons. The normalized spacial score (nSPS) is 10.5. The fraction of sp³-hybridized carbons (Fsp3) is 0.154. The van der Waals surface area contributed by atoms with Crippen molar-refractivity contribution >= 4 is 15.9 Å². The Bertz CT molecular complexity index is 593. The highest BCUT2D eigenvalue weighted by Gasteiger charge is 2.11. The third kappa shape index (κ3) is 3.48. The van der Waals surface area contributed by atoms with Gasteiger partial charge in [-0.3, -0.25) is 4.98 Å². The highest BCUT2D eigenvalue weighted by atomic mass is 79.9. The van der Waals surface area contributed by atoms with E-state index in [0.29, 0.717) is 16.7 Å². The van der Waals surface area contributed by atoms with Crippen LogP contribution in [0.15, 0.2) is 34.9 Å². The molecule has 19 heavy (non-hydrogen) atoms. The van der Waals surface area contributed by atoms with Gasteiger partial charge in [-0.05, 0) is 29.8 Å². The smallest absolute Gasteiger partial charge is 0.200 e. The van der Waals surface area contributed by atoms with E-state index in [9.17, 15) is 8.78 Å². The van der Waals surface area contributed by atoms with E-state index < -0.39 is 11.6 Å². The molecular formula is C13H11BrF2N2O. The highest BCUT2D eigenvalue weighted by molar-refractivity contribution is 9.10. The second-order valence-electron chi connectivity index (χ2n) is 3.85. The van der Waals surface area contributed by atoms with Crippen molar-refractivity contribution in [1.29, 1.82) is 0 Å². The highest BCUT2D eigenvalue weighted by Crippen LogP contribution is 2.26. The standard InChI is InChI=1S/C13H11BrF2N2O/c14-9-4-11(15)13(16)12(5-9)19-7-8-1-2-18-10(3-8)6-17/h1-5H,6-7,17H2. The Balaban J connectivity index is 2.14. The van der Waals surface area contributed by atoms with E-state index in [1.807, 2.05) is 0 Å². The van der Waals surface area contributed by atoms with Crippen LogP contribution in [0.25, 0.3) is 0 Å². The van der Waals surface area contributed by atoms with Crippen molar-refractivity contribution in [1.82, 2.24) is 4.98 Å². The molecule has 0 spiro atoms. The lowest BCUT2D eigenvalue weighted by Crippen LogP contribution is -2.03. The summed E-state index contributed by atoms with van der Waals surface area (Å²) in [6.07, 6.45) is 1.60. The molecule has 0 amide bonds. The topological polar surface area (TPSA) is 48.1 Å². The number of halogens is 3. The first-order chi connectivity index (χ1) is 9.10. The first-order valence-electron chi connectivity index (χ1n) is 5.51. The lowest BCUT2D eigenvalue weighted by atomic mass is 10.2. The molecule has 0 aliphatic rings. The number of rotatable bonds is 4. The Morgan fingerprint density at radius 2 is 2.05 bits per heavy atom. The molecule has 0 radical (unpaired) electrons. The summed E-state index contributed by atoms with van der Waals surface area (Å²) in [5.74, 6) is -2.10. The largest absolute Gasteiger partial charge is 0.486 e. The van der Waals surface area contributed by atoms with Gasteiger partial charge in [0.05, 0.1) is 5.69 Å². The molecule has 0 atom stereocenters. The Kier molecular flexibility index (Phi) is 4.44. The van der Waals surface area contributed by atoms with Gasteiger partial charge in [-0.1, -0.05) is 15.9 Å². The van der Waals surface area contributed by atoms with E-state index in [0.717, 1.165) is 11.6 Å². The van der Waals surface area contributed by atoms with Gasteiger partial charge in [-0.25, -0.2) is 4.39 Å². The van der Waals surface area contributed by atoms with Crippen LogP contribution >= 0.6 is 15.9 Å². The van der Waals surface area contributed by atoms with Crippen LogP contribution in [0.4, 0.5) is 8.78 Å². The Morgan fingerprint density at radius 3 is 2.79 bits per heavy atom. The maximum absolute atomic E-state index is 13.5. The van der Waals surface area contributed by atoms with Crippen molar-refractivity contribution < 1.29 is 13.5 Å². The van der Waals surface area contributed by atoms with E-state index >= 15 is 0 Å². The predicted octanol–water partition coefficient (Wildman–Crippen LogP) is 3.16. The van der Waals surface area contributed by atoms with Gasteiger partial charge >= 0.3 is 0 Å². The molecule has 2 aromatic rings. The Labute approximate surface area is 117 Å². The first kappa shape index (κ1) is 13.9. The SMILES string of the molecule is NCc1cc(COc2cc(Br)cc(F)c2F)ccn1. The molecule has 0 bridgehead atoms. The van der Waals surface area contributed by atoms with Crippen LogP contribution in [0.3, 0.4) is 0 Å². The molecule has 1 aromatic heterocycles. The summed E-state index contributed by atoms with van der Waals surface area (Å²) < 4.78 is 32.3. The molecule has 0 saturated heterocycles. The van der Waals surface area contributed by atoms with Crippen LogP contribution < -0.4 is 10.5 Å². The van der Waals surface area contributed by atoms with E-state index in [-0.39, 0.29) is 12.4 Å². The quantitative estimate of drug-likeness (QED) is 0.877. The van der Waals surface area contributed by atoms with Crippen molar-refractivity contribution in [3.63, 3.8) is 0 Å². The molecule has 0 aliphatic carbocycles. The fourth-order valence-electron chi connectivity index (χ4n) is 1.53. The summed E-state index contributed by atoms with van der Waals surface area (Å²) in [7, 11) is 0. The molecule has 0 fully saturated rings.